The van der Waals surface area contributed by atoms with E-state index in [1.165, 1.54) is 32.4 Å². The molecule has 5 atom stereocenters. The maximum Gasteiger partial charge on any atom is 0.509 e. The molecule has 0 aromatic heterocycles. The highest BCUT2D eigenvalue weighted by atomic mass is 16.8. The van der Waals surface area contributed by atoms with Gasteiger partial charge < -0.3 is 56.8 Å². The van der Waals surface area contributed by atoms with Crippen LogP contribution in [0, 0.1) is 0 Å². The highest BCUT2D eigenvalue weighted by molar-refractivity contribution is 6.14. The Bertz CT molecular complexity index is 2200. The SMILES string of the molecule is C=CCOC(=O)O[C@H]1C(Oc2c3c(c(-c4ccc5c(c4)OCO5)c4cc(OC)c(OC)cc24)C(=O)OC3)O[C@H](C)[C@@H](OC(=O)OCC)[C@@H]1OC(=O)c1ccccc1. The van der Waals surface area contributed by atoms with Gasteiger partial charge in [0.25, 0.3) is 0 Å². The number of carbonyl (C=O) groups excluding carboxylic acids is 4. The van der Waals surface area contributed by atoms with E-state index in [9.17, 15) is 19.2 Å². The van der Waals surface area contributed by atoms with Gasteiger partial charge in [-0.25, -0.2) is 19.2 Å². The second-order valence-corrected chi connectivity index (χ2v) is 12.7. The lowest BCUT2D eigenvalue weighted by molar-refractivity contribution is -0.270. The molecule has 0 N–H and O–H groups in total. The predicted octanol–water partition coefficient (Wildman–Crippen LogP) is 6.52. The normalized spacial score (nSPS) is 20.4. The number of cyclic esters (lactones) is 1. The molecule has 3 heterocycles. The van der Waals surface area contributed by atoms with Gasteiger partial charge in [0.2, 0.25) is 19.2 Å². The minimum atomic E-state index is -1.66. The largest absolute Gasteiger partial charge is 0.509 e. The summed E-state index contributed by atoms with van der Waals surface area (Å²) in [6, 6.07) is 16.6. The highest BCUT2D eigenvalue weighted by Gasteiger charge is 2.53. The van der Waals surface area contributed by atoms with E-state index in [2.05, 4.69) is 6.58 Å². The molecule has 0 bridgehead atoms. The summed E-state index contributed by atoms with van der Waals surface area (Å²) in [5.41, 5.74) is 1.71. The van der Waals surface area contributed by atoms with E-state index in [1.54, 1.807) is 62.4 Å². The number of benzene rings is 4. The molecule has 57 heavy (non-hydrogen) atoms. The monoisotopic (exact) mass is 786 g/mol. The van der Waals surface area contributed by atoms with Crippen molar-refractivity contribution in [1.82, 2.24) is 0 Å². The van der Waals surface area contributed by atoms with Crippen LogP contribution in [0.3, 0.4) is 0 Å². The fourth-order valence-electron chi connectivity index (χ4n) is 6.80. The summed E-state index contributed by atoms with van der Waals surface area (Å²) in [7, 11) is 2.93. The number of fused-ring (bicyclic) bond motifs is 3. The van der Waals surface area contributed by atoms with Crippen LogP contribution < -0.4 is 23.7 Å². The number of hydrogen-bond acceptors (Lipinski definition) is 16. The van der Waals surface area contributed by atoms with Crippen molar-refractivity contribution in [3.05, 3.63) is 90.0 Å². The first-order valence-corrected chi connectivity index (χ1v) is 17.8. The molecule has 1 fully saturated rings. The number of rotatable bonds is 12. The van der Waals surface area contributed by atoms with Gasteiger partial charge in [0.15, 0.2) is 35.2 Å². The summed E-state index contributed by atoms with van der Waals surface area (Å²) in [4.78, 5) is 53.2. The Morgan fingerprint density at radius 3 is 2.23 bits per heavy atom. The molecule has 16 heteroatoms. The van der Waals surface area contributed by atoms with E-state index in [0.29, 0.717) is 50.5 Å². The average molecular weight is 787 g/mol. The third kappa shape index (κ3) is 7.63. The lowest BCUT2D eigenvalue weighted by Gasteiger charge is -2.43. The summed E-state index contributed by atoms with van der Waals surface area (Å²) < 4.78 is 68.7. The van der Waals surface area contributed by atoms with Crippen molar-refractivity contribution in [3.63, 3.8) is 0 Å². The van der Waals surface area contributed by atoms with E-state index in [4.69, 9.17) is 56.8 Å². The van der Waals surface area contributed by atoms with Gasteiger partial charge in [-0.2, -0.15) is 0 Å². The zero-order chi connectivity index (χ0) is 40.2. The van der Waals surface area contributed by atoms with Crippen LogP contribution in [0.2, 0.25) is 0 Å². The van der Waals surface area contributed by atoms with Gasteiger partial charge in [-0.05, 0) is 61.2 Å². The van der Waals surface area contributed by atoms with E-state index < -0.39 is 55.0 Å². The summed E-state index contributed by atoms with van der Waals surface area (Å²) >= 11 is 0. The maximum atomic E-state index is 13.7. The minimum absolute atomic E-state index is 0.0235. The van der Waals surface area contributed by atoms with E-state index in [-0.39, 0.29) is 43.5 Å². The standard InChI is InChI=1S/C41H38O16/c1-6-15-49-41(45)57-36-35(54-37(42)22-11-9-8-10-12-22)33(56-40(44)48-7-2)21(3)53-39(36)55-34-25-18-29(47-5)28(46-4)17-24(25)31(32-26(34)19-50-38(32)43)23-13-14-27-30(16-23)52-20-51-27/h6,8-14,16-18,21,33,35-36,39H,1,7,15,19-20H2,2-5H3/t21-,33-,35+,36-,39?/m1/s1. The first-order chi connectivity index (χ1) is 27.6. The Morgan fingerprint density at radius 2 is 1.51 bits per heavy atom. The molecule has 0 saturated carbocycles. The lowest BCUT2D eigenvalue weighted by atomic mass is 9.89. The third-order valence-electron chi connectivity index (χ3n) is 9.34. The Morgan fingerprint density at radius 1 is 0.807 bits per heavy atom. The Labute approximate surface area is 325 Å². The number of hydrogen-bond donors (Lipinski definition) is 0. The topological polar surface area (TPSA) is 179 Å². The molecular formula is C41H38O16. The molecule has 1 saturated heterocycles. The minimum Gasteiger partial charge on any atom is -0.493 e. The third-order valence-corrected chi connectivity index (χ3v) is 9.34. The first kappa shape index (κ1) is 38.6. The number of methoxy groups -OCH3 is 2. The molecule has 7 rings (SSSR count). The fourth-order valence-corrected chi connectivity index (χ4v) is 6.80. The molecule has 16 nitrogen and oxygen atoms in total. The second-order valence-electron chi connectivity index (χ2n) is 12.7. The van der Waals surface area contributed by atoms with E-state index in [0.717, 1.165) is 0 Å². The van der Waals surface area contributed by atoms with Crippen LogP contribution in [0.5, 0.6) is 28.7 Å². The average Bonchev–Trinajstić information content (AvgIpc) is 3.85. The molecule has 3 aliphatic heterocycles. The summed E-state index contributed by atoms with van der Waals surface area (Å²) in [6.07, 6.45) is -8.26. The van der Waals surface area contributed by atoms with Gasteiger partial charge in [0.05, 0.1) is 32.0 Å². The zero-order valence-electron chi connectivity index (χ0n) is 31.3. The first-order valence-electron chi connectivity index (χ1n) is 17.8. The van der Waals surface area contributed by atoms with Crippen molar-refractivity contribution in [2.24, 2.45) is 0 Å². The van der Waals surface area contributed by atoms with Crippen LogP contribution in [0.4, 0.5) is 9.59 Å². The van der Waals surface area contributed by atoms with Crippen molar-refractivity contribution in [2.45, 2.75) is 51.2 Å². The van der Waals surface area contributed by atoms with Gasteiger partial charge in [-0.3, -0.25) is 0 Å². The molecule has 0 amide bonds. The quantitative estimate of drug-likeness (QED) is 0.0860. The van der Waals surface area contributed by atoms with Crippen LogP contribution in [0.1, 0.15) is 40.1 Å². The molecule has 1 unspecified atom stereocenters. The van der Waals surface area contributed by atoms with Gasteiger partial charge >= 0.3 is 24.2 Å². The molecule has 0 spiro atoms. The maximum absolute atomic E-state index is 13.7. The Hall–Kier alpha value is -6.68. The molecule has 3 aliphatic rings. The smallest absolute Gasteiger partial charge is 0.493 e. The van der Waals surface area contributed by atoms with E-state index >= 15 is 0 Å². The summed E-state index contributed by atoms with van der Waals surface area (Å²) in [5, 5.41) is 0.880. The van der Waals surface area contributed by atoms with Crippen LogP contribution in [0.15, 0.2) is 73.3 Å². The van der Waals surface area contributed by atoms with Gasteiger partial charge in [0, 0.05) is 16.5 Å². The van der Waals surface area contributed by atoms with Crippen molar-refractivity contribution in [3.8, 4) is 39.9 Å². The van der Waals surface area contributed by atoms with Gasteiger partial charge in [0.1, 0.15) is 25.1 Å². The van der Waals surface area contributed by atoms with Crippen LogP contribution in [-0.4, -0.2) is 89.2 Å². The van der Waals surface area contributed by atoms with E-state index in [1.807, 2.05) is 0 Å². The molecule has 4 aromatic carbocycles. The predicted molar refractivity (Wildman–Crippen MR) is 197 cm³/mol. The van der Waals surface area contributed by atoms with Crippen molar-refractivity contribution in [1.29, 1.82) is 0 Å². The molecular weight excluding hydrogens is 748 g/mol. The van der Waals surface area contributed by atoms with Crippen molar-refractivity contribution in [2.75, 3.05) is 34.2 Å². The van der Waals surface area contributed by atoms with Gasteiger partial charge in [-0.15, -0.1) is 0 Å². The van der Waals surface area contributed by atoms with Crippen LogP contribution in [-0.2, 0) is 39.8 Å². The zero-order valence-corrected chi connectivity index (χ0v) is 31.3. The van der Waals surface area contributed by atoms with Crippen LogP contribution in [0.25, 0.3) is 21.9 Å². The number of esters is 2. The summed E-state index contributed by atoms with van der Waals surface area (Å²) in [6.45, 7) is 6.25. The number of carbonyl (C=O) groups is 4. The second kappa shape index (κ2) is 16.6. The lowest BCUT2D eigenvalue weighted by Crippen LogP contribution is -2.62. The van der Waals surface area contributed by atoms with Crippen molar-refractivity contribution >= 4 is 35.0 Å². The summed E-state index contributed by atoms with van der Waals surface area (Å²) in [5.74, 6) is 0.266. The highest BCUT2D eigenvalue weighted by Crippen LogP contribution is 2.50. The molecule has 0 radical (unpaired) electrons. The van der Waals surface area contributed by atoms with Crippen LogP contribution >= 0.6 is 0 Å². The van der Waals surface area contributed by atoms with Crippen molar-refractivity contribution < 1.29 is 76.0 Å². The molecule has 4 aromatic rings. The molecule has 298 valence electrons. The fraction of sp³-hybridized carbons (Fsp3) is 0.317. The number of ether oxygens (including phenoxy) is 12. The Balaban J connectivity index is 1.39. The Kier molecular flexibility index (Phi) is 11.2. The molecule has 0 aliphatic carbocycles. The van der Waals surface area contributed by atoms with Gasteiger partial charge in [-0.1, -0.05) is 36.9 Å².